The Balaban J connectivity index is 2.37. The van der Waals surface area contributed by atoms with Gasteiger partial charge in [-0.05, 0) is 30.7 Å². The van der Waals surface area contributed by atoms with E-state index in [0.29, 0.717) is 5.75 Å². The second-order valence-electron chi connectivity index (χ2n) is 3.83. The highest BCUT2D eigenvalue weighted by molar-refractivity contribution is 5.50. The Morgan fingerprint density at radius 3 is 2.67 bits per heavy atom. The van der Waals surface area contributed by atoms with Gasteiger partial charge in [-0.15, -0.1) is 0 Å². The van der Waals surface area contributed by atoms with Crippen LogP contribution in [-0.4, -0.2) is 10.0 Å². The molecule has 0 aliphatic rings. The minimum atomic E-state index is -0.495. The van der Waals surface area contributed by atoms with E-state index in [4.69, 9.17) is 4.74 Å². The summed E-state index contributed by atoms with van der Waals surface area (Å²) in [6, 6.07) is 10.8. The summed E-state index contributed by atoms with van der Waals surface area (Å²) in [4.78, 5) is 10.4. The van der Waals surface area contributed by atoms with Crippen molar-refractivity contribution in [1.29, 1.82) is 0 Å². The number of aryl methyl sites for hydroxylation is 1. The van der Waals surface area contributed by atoms with Gasteiger partial charge in [0.25, 0.3) is 0 Å². The van der Waals surface area contributed by atoms with Crippen LogP contribution in [0.2, 0.25) is 0 Å². The van der Waals surface area contributed by atoms with Crippen molar-refractivity contribution in [3.05, 3.63) is 58.1 Å². The number of hydrogen-bond donors (Lipinski definition) is 1. The third kappa shape index (κ3) is 2.57. The molecule has 2 aromatic rings. The molecule has 2 rings (SSSR count). The van der Waals surface area contributed by atoms with Crippen molar-refractivity contribution < 1.29 is 14.8 Å². The van der Waals surface area contributed by atoms with E-state index in [2.05, 4.69) is 0 Å². The molecule has 0 bridgehead atoms. The van der Waals surface area contributed by atoms with Crippen LogP contribution < -0.4 is 4.74 Å². The molecule has 0 unspecified atom stereocenters. The number of nitro benzene ring substituents is 1. The van der Waals surface area contributed by atoms with Crippen molar-refractivity contribution in [2.75, 3.05) is 0 Å². The van der Waals surface area contributed by atoms with E-state index in [-0.39, 0.29) is 17.2 Å². The van der Waals surface area contributed by atoms with Gasteiger partial charge >= 0.3 is 5.69 Å². The number of rotatable bonds is 3. The maximum Gasteiger partial charge on any atom is 0.311 e. The van der Waals surface area contributed by atoms with Crippen molar-refractivity contribution in [3.63, 3.8) is 0 Å². The van der Waals surface area contributed by atoms with Crippen molar-refractivity contribution >= 4 is 5.69 Å². The number of phenolic OH excluding ortho intramolecular Hbond substituents is 1. The van der Waals surface area contributed by atoms with E-state index in [1.54, 1.807) is 25.1 Å². The fraction of sp³-hybridized carbons (Fsp3) is 0.0769. The molecule has 0 saturated carbocycles. The molecular weight excluding hydrogens is 234 g/mol. The number of benzene rings is 2. The highest BCUT2D eigenvalue weighted by atomic mass is 16.6. The average molecular weight is 245 g/mol. The van der Waals surface area contributed by atoms with Crippen LogP contribution in [-0.2, 0) is 0 Å². The molecule has 0 aliphatic carbocycles. The van der Waals surface area contributed by atoms with Gasteiger partial charge in [0.15, 0.2) is 0 Å². The second-order valence-corrected chi connectivity index (χ2v) is 3.83. The Bertz CT molecular complexity index is 595. The van der Waals surface area contributed by atoms with Crippen LogP contribution in [0.1, 0.15) is 5.56 Å². The molecule has 0 aliphatic heterocycles. The van der Waals surface area contributed by atoms with Gasteiger partial charge in [0.1, 0.15) is 11.5 Å². The molecule has 0 fully saturated rings. The molecule has 92 valence electrons. The molecule has 2 aromatic carbocycles. The zero-order valence-electron chi connectivity index (χ0n) is 9.66. The van der Waals surface area contributed by atoms with Gasteiger partial charge in [-0.1, -0.05) is 12.1 Å². The SMILES string of the molecule is Cc1ccc(Oc2cccc(O)c2)c([N+](=O)[O-])c1. The van der Waals surface area contributed by atoms with Crippen molar-refractivity contribution in [3.8, 4) is 17.2 Å². The van der Waals surface area contributed by atoms with Gasteiger partial charge in [0, 0.05) is 12.1 Å². The normalized spacial score (nSPS) is 10.1. The molecule has 18 heavy (non-hydrogen) atoms. The minimum Gasteiger partial charge on any atom is -0.508 e. The summed E-state index contributed by atoms with van der Waals surface area (Å²) in [5.41, 5.74) is 0.684. The highest BCUT2D eigenvalue weighted by Gasteiger charge is 2.15. The lowest BCUT2D eigenvalue weighted by atomic mass is 10.2. The number of phenols is 1. The summed E-state index contributed by atoms with van der Waals surface area (Å²) in [6.45, 7) is 1.77. The van der Waals surface area contributed by atoms with Crippen LogP contribution in [0.3, 0.4) is 0 Å². The third-order valence-electron chi connectivity index (χ3n) is 2.36. The lowest BCUT2D eigenvalue weighted by Crippen LogP contribution is -1.94. The monoisotopic (exact) mass is 245 g/mol. The predicted octanol–water partition coefficient (Wildman–Crippen LogP) is 3.40. The minimum absolute atomic E-state index is 0.0438. The second kappa shape index (κ2) is 4.75. The average Bonchev–Trinajstić information content (AvgIpc) is 2.31. The van der Waals surface area contributed by atoms with E-state index in [9.17, 15) is 15.2 Å². The molecule has 0 amide bonds. The largest absolute Gasteiger partial charge is 0.508 e. The first kappa shape index (κ1) is 11.9. The van der Waals surface area contributed by atoms with Crippen LogP contribution in [0.5, 0.6) is 17.2 Å². The zero-order valence-corrected chi connectivity index (χ0v) is 9.66. The third-order valence-corrected chi connectivity index (χ3v) is 2.36. The Labute approximate surface area is 103 Å². The number of nitrogens with zero attached hydrogens (tertiary/aromatic N) is 1. The maximum atomic E-state index is 10.9. The Morgan fingerprint density at radius 2 is 2.00 bits per heavy atom. The summed E-state index contributed by atoms with van der Waals surface area (Å²) >= 11 is 0. The van der Waals surface area contributed by atoms with E-state index < -0.39 is 4.92 Å². The summed E-state index contributed by atoms with van der Waals surface area (Å²) in [5.74, 6) is 0.542. The van der Waals surface area contributed by atoms with Crippen LogP contribution in [0, 0.1) is 17.0 Å². The smallest absolute Gasteiger partial charge is 0.311 e. The summed E-state index contributed by atoms with van der Waals surface area (Å²) in [7, 11) is 0. The van der Waals surface area contributed by atoms with Gasteiger partial charge in [0.2, 0.25) is 5.75 Å². The molecular formula is C13H11NO4. The maximum absolute atomic E-state index is 10.9. The highest BCUT2D eigenvalue weighted by Crippen LogP contribution is 2.32. The fourth-order valence-corrected chi connectivity index (χ4v) is 1.53. The first-order chi connectivity index (χ1) is 8.56. The summed E-state index contributed by atoms with van der Waals surface area (Å²) in [5, 5.41) is 20.2. The summed E-state index contributed by atoms with van der Waals surface area (Å²) in [6.07, 6.45) is 0. The fourth-order valence-electron chi connectivity index (χ4n) is 1.53. The van der Waals surface area contributed by atoms with Crippen molar-refractivity contribution in [2.45, 2.75) is 6.92 Å². The number of hydrogen-bond acceptors (Lipinski definition) is 4. The van der Waals surface area contributed by atoms with Crippen LogP contribution in [0.15, 0.2) is 42.5 Å². The first-order valence-corrected chi connectivity index (χ1v) is 5.28. The number of ether oxygens (including phenoxy) is 1. The standard InChI is InChI=1S/C13H11NO4/c1-9-5-6-13(12(7-9)14(16)17)18-11-4-2-3-10(15)8-11/h2-8,15H,1H3. The number of nitro groups is 1. The van der Waals surface area contributed by atoms with Crippen molar-refractivity contribution in [2.24, 2.45) is 0 Å². The van der Waals surface area contributed by atoms with E-state index in [1.165, 1.54) is 24.3 Å². The first-order valence-electron chi connectivity index (χ1n) is 5.28. The molecule has 0 heterocycles. The van der Waals surface area contributed by atoms with Gasteiger partial charge in [0.05, 0.1) is 4.92 Å². The molecule has 0 saturated heterocycles. The van der Waals surface area contributed by atoms with E-state index in [1.807, 2.05) is 0 Å². The molecule has 0 radical (unpaired) electrons. The topological polar surface area (TPSA) is 72.6 Å². The summed E-state index contributed by atoms with van der Waals surface area (Å²) < 4.78 is 5.40. The molecule has 1 N–H and O–H groups in total. The zero-order chi connectivity index (χ0) is 13.1. The van der Waals surface area contributed by atoms with Crippen LogP contribution in [0.4, 0.5) is 5.69 Å². The van der Waals surface area contributed by atoms with E-state index in [0.717, 1.165) is 5.56 Å². The molecule has 0 spiro atoms. The predicted molar refractivity (Wildman–Crippen MR) is 66.0 cm³/mol. The Morgan fingerprint density at radius 1 is 1.22 bits per heavy atom. The van der Waals surface area contributed by atoms with Gasteiger partial charge in [-0.3, -0.25) is 10.1 Å². The van der Waals surface area contributed by atoms with Crippen LogP contribution >= 0.6 is 0 Å². The van der Waals surface area contributed by atoms with Gasteiger partial charge in [-0.25, -0.2) is 0 Å². The lowest BCUT2D eigenvalue weighted by Gasteiger charge is -2.07. The Hall–Kier alpha value is -2.56. The molecule has 5 heteroatoms. The number of aromatic hydroxyl groups is 1. The lowest BCUT2D eigenvalue weighted by molar-refractivity contribution is -0.385. The quantitative estimate of drug-likeness (QED) is 0.664. The molecule has 0 atom stereocenters. The molecule has 0 aromatic heterocycles. The van der Waals surface area contributed by atoms with Crippen LogP contribution in [0.25, 0.3) is 0 Å². The van der Waals surface area contributed by atoms with E-state index >= 15 is 0 Å². The van der Waals surface area contributed by atoms with Gasteiger partial charge < -0.3 is 9.84 Å². The van der Waals surface area contributed by atoms with Crippen molar-refractivity contribution in [1.82, 2.24) is 0 Å². The molecule has 5 nitrogen and oxygen atoms in total. The Kier molecular flexibility index (Phi) is 3.14. The van der Waals surface area contributed by atoms with Gasteiger partial charge in [-0.2, -0.15) is 0 Å².